The van der Waals surface area contributed by atoms with E-state index >= 15 is 0 Å². The summed E-state index contributed by atoms with van der Waals surface area (Å²) in [5, 5.41) is 16.7. The second-order valence-corrected chi connectivity index (χ2v) is 23.2. The number of nitrogens with one attached hydrogen (secondary N) is 2. The lowest BCUT2D eigenvalue weighted by atomic mass is 9.38. The lowest BCUT2D eigenvalue weighted by molar-refractivity contribution is -0.191. The van der Waals surface area contributed by atoms with E-state index in [9.17, 15) is 24.3 Å². The van der Waals surface area contributed by atoms with Gasteiger partial charge < -0.3 is 34.9 Å². The molecular formula is C54H85ClN4O7. The number of carboxylic acid groups (broad SMARTS) is 1. The molecule has 1 aromatic rings. The van der Waals surface area contributed by atoms with Gasteiger partial charge in [-0.1, -0.05) is 52.8 Å². The van der Waals surface area contributed by atoms with Crippen molar-refractivity contribution in [1.29, 1.82) is 0 Å². The monoisotopic (exact) mass is 937 g/mol. The van der Waals surface area contributed by atoms with Gasteiger partial charge in [-0.3, -0.25) is 19.3 Å². The summed E-state index contributed by atoms with van der Waals surface area (Å²) >= 11 is 5.91. The van der Waals surface area contributed by atoms with Gasteiger partial charge in [0.1, 0.15) is 24.7 Å². The van der Waals surface area contributed by atoms with E-state index in [1.54, 1.807) is 50.2 Å². The number of allylic oxidation sites excluding steroid dienone is 1. The number of piperazine rings is 1. The number of aliphatic carboxylic acids is 1. The molecule has 0 amide bonds. The third-order valence-corrected chi connectivity index (χ3v) is 17.7. The molecule has 9 unspecified atom stereocenters. The average molecular weight is 938 g/mol. The number of fused-ring (bicyclic) bond motifs is 7. The van der Waals surface area contributed by atoms with E-state index < -0.39 is 11.4 Å². The number of ether oxygens (including phenoxy) is 2. The van der Waals surface area contributed by atoms with Crippen molar-refractivity contribution in [3.8, 4) is 5.75 Å². The van der Waals surface area contributed by atoms with Crippen molar-refractivity contribution in [3.63, 3.8) is 0 Å². The van der Waals surface area contributed by atoms with Crippen molar-refractivity contribution in [1.82, 2.24) is 20.4 Å². The van der Waals surface area contributed by atoms with Gasteiger partial charge in [0.05, 0.1) is 22.9 Å². The van der Waals surface area contributed by atoms with Crippen molar-refractivity contribution >= 4 is 36.1 Å². The number of likely N-dealkylation sites (N-methyl/N-ethyl adjacent to an activating group) is 3. The van der Waals surface area contributed by atoms with Crippen LogP contribution in [0.4, 0.5) is 0 Å². The van der Waals surface area contributed by atoms with E-state index in [0.717, 1.165) is 70.5 Å². The molecule has 5 fully saturated rings. The van der Waals surface area contributed by atoms with Crippen molar-refractivity contribution < 1.29 is 33.8 Å². The van der Waals surface area contributed by atoms with Crippen molar-refractivity contribution in [3.05, 3.63) is 52.1 Å². The Bertz CT molecular complexity index is 1940. The molecule has 4 saturated carbocycles. The molecular weight excluding hydrogens is 852 g/mol. The highest BCUT2D eigenvalue weighted by atomic mass is 35.5. The van der Waals surface area contributed by atoms with E-state index in [4.69, 9.17) is 21.1 Å². The lowest BCUT2D eigenvalue weighted by Gasteiger charge is -2.67. The predicted octanol–water partition coefficient (Wildman–Crippen LogP) is 9.52. The van der Waals surface area contributed by atoms with Crippen LogP contribution in [-0.4, -0.2) is 117 Å². The molecule has 0 spiro atoms. The number of carbonyl (C=O) groups excluding carboxylic acids is 3. The Balaban J connectivity index is 0.000000259. The summed E-state index contributed by atoms with van der Waals surface area (Å²) < 4.78 is 11.7. The molecule has 0 bridgehead atoms. The van der Waals surface area contributed by atoms with Crippen molar-refractivity contribution in [2.24, 2.45) is 51.8 Å². The molecule has 1 heterocycles. The first-order valence-electron chi connectivity index (χ1n) is 24.9. The largest absolute Gasteiger partial charge is 0.491 e. The Morgan fingerprint density at radius 3 is 2.18 bits per heavy atom. The molecule has 3 N–H and O–H groups in total. The van der Waals surface area contributed by atoms with Crippen LogP contribution in [0.2, 0.25) is 5.02 Å². The number of rotatable bonds is 13. The first kappa shape index (κ1) is 53.9. The number of nitrogens with zero attached hydrogens (tertiary/aromatic N) is 2. The maximum Gasteiger partial charge on any atom is 0.309 e. The van der Waals surface area contributed by atoms with Crippen LogP contribution < -0.4 is 15.4 Å². The third kappa shape index (κ3) is 11.5. The number of hydrogen-bond acceptors (Lipinski definition) is 10. The van der Waals surface area contributed by atoms with Gasteiger partial charge >= 0.3 is 11.9 Å². The number of esters is 1. The highest BCUT2D eigenvalue weighted by Crippen LogP contribution is 2.71. The van der Waals surface area contributed by atoms with Crippen LogP contribution in [0.15, 0.2) is 41.5 Å². The number of carboxylic acids is 1. The molecule has 370 valence electrons. The zero-order valence-corrected chi connectivity index (χ0v) is 43.4. The Hall–Kier alpha value is -3.09. The van der Waals surface area contributed by atoms with E-state index in [0.29, 0.717) is 57.9 Å². The highest BCUT2D eigenvalue weighted by Gasteiger charge is 2.64. The maximum atomic E-state index is 12.8. The van der Waals surface area contributed by atoms with Gasteiger partial charge in [-0.2, -0.15) is 0 Å². The van der Waals surface area contributed by atoms with Gasteiger partial charge in [0.25, 0.3) is 0 Å². The van der Waals surface area contributed by atoms with Crippen molar-refractivity contribution in [2.45, 2.75) is 144 Å². The van der Waals surface area contributed by atoms with Crippen LogP contribution in [0, 0.1) is 51.8 Å². The van der Waals surface area contributed by atoms with Crippen LogP contribution in [0.5, 0.6) is 5.75 Å². The highest BCUT2D eigenvalue weighted by molar-refractivity contribution is 6.30. The molecule has 0 aromatic heterocycles. The summed E-state index contributed by atoms with van der Waals surface area (Å²) in [6.45, 7) is 29.4. The minimum absolute atomic E-state index is 0.0774. The fraction of sp³-hybridized carbons (Fsp3) is 0.741. The summed E-state index contributed by atoms with van der Waals surface area (Å²) in [4.78, 5) is 49.9. The van der Waals surface area contributed by atoms with E-state index in [-0.39, 0.29) is 35.0 Å². The molecule has 66 heavy (non-hydrogen) atoms. The molecule has 1 aliphatic heterocycles. The molecule has 5 aliphatic carbocycles. The predicted molar refractivity (Wildman–Crippen MR) is 265 cm³/mol. The van der Waals surface area contributed by atoms with Crippen LogP contribution in [0.1, 0.15) is 137 Å². The smallest absolute Gasteiger partial charge is 0.309 e. The zero-order chi connectivity index (χ0) is 49.0. The molecule has 6 aliphatic rings. The first-order valence-corrected chi connectivity index (χ1v) is 25.3. The molecule has 7 rings (SSSR count). The second-order valence-electron chi connectivity index (χ2n) is 22.8. The molecule has 11 nitrogen and oxygen atoms in total. The minimum Gasteiger partial charge on any atom is -0.491 e. The van der Waals surface area contributed by atoms with Crippen LogP contribution in [0.25, 0.3) is 0 Å². The van der Waals surface area contributed by atoms with Crippen LogP contribution in [0.3, 0.4) is 0 Å². The van der Waals surface area contributed by atoms with E-state index in [1.807, 2.05) is 13.8 Å². The summed E-state index contributed by atoms with van der Waals surface area (Å²) in [6.07, 6.45) is 12.1. The van der Waals surface area contributed by atoms with Gasteiger partial charge in [-0.25, -0.2) is 0 Å². The third-order valence-electron chi connectivity index (χ3n) is 17.5. The number of aldehydes is 2. The Kier molecular flexibility index (Phi) is 17.7. The quantitative estimate of drug-likeness (QED) is 0.129. The van der Waals surface area contributed by atoms with Gasteiger partial charge in [0.2, 0.25) is 0 Å². The molecule has 0 radical (unpaired) electrons. The average Bonchev–Trinajstić information content (AvgIpc) is 3.58. The molecule has 1 saturated heterocycles. The summed E-state index contributed by atoms with van der Waals surface area (Å²) in [5.41, 5.74) is 4.48. The van der Waals surface area contributed by atoms with Gasteiger partial charge in [-0.15, -0.1) is 0 Å². The Labute approximate surface area is 402 Å². The fourth-order valence-corrected chi connectivity index (χ4v) is 13.5. The summed E-state index contributed by atoms with van der Waals surface area (Å²) in [7, 11) is 6.07. The second kappa shape index (κ2) is 21.7. The number of halogens is 1. The minimum atomic E-state index is -1.10. The lowest BCUT2D eigenvalue weighted by Crippen LogP contribution is -2.62. The molecule has 12 heteroatoms. The maximum absolute atomic E-state index is 12.8. The Morgan fingerprint density at radius 2 is 1.61 bits per heavy atom. The zero-order valence-electron chi connectivity index (χ0n) is 42.6. The van der Waals surface area contributed by atoms with E-state index in [2.05, 4.69) is 75.7 Å². The van der Waals surface area contributed by atoms with Crippen LogP contribution >= 0.6 is 11.6 Å². The number of benzene rings is 1. The van der Waals surface area contributed by atoms with Gasteiger partial charge in [0, 0.05) is 43.3 Å². The fourth-order valence-electron chi connectivity index (χ4n) is 13.4. The standard InChI is InChI=1S/C35H55NO4.C14H19ClN2O2.C5H11NO/c1-20(2)29-21(3)18-35(36-9)17-13-25-23(30(29)35)10-11-27-33(7)16-14-26(22(4)24(33)12-15-34(25,27)8)40-28(37)19-32(5,6)31(38)39;1-16-4-6-17(7-5-16)8-9-19-14-10-13(15)3-2-12(14)11-18;1-5(2,4-7)6-3/h20,22-27,36H,3,10-19H2,1-2,4-9H3,(H,38,39);2-3,10-11H,4-9H2,1H3;4,6H,1-3H3. The summed E-state index contributed by atoms with van der Waals surface area (Å²) in [6, 6.07) is 5.06. The number of hydrogen-bond donors (Lipinski definition) is 3. The van der Waals surface area contributed by atoms with Crippen LogP contribution in [-0.2, 0) is 19.1 Å². The van der Waals surface area contributed by atoms with Gasteiger partial charge in [0.15, 0.2) is 6.29 Å². The topological polar surface area (TPSA) is 138 Å². The summed E-state index contributed by atoms with van der Waals surface area (Å²) in [5.74, 6) is 2.69. The van der Waals surface area contributed by atoms with Gasteiger partial charge in [-0.05, 0) is 188 Å². The normalized spacial score (nSPS) is 32.3. The SMILES string of the molecule is C=C1CC2(NC)CCC3C(CCC4C3(C)CCC3C(C)C(OC(=O)CC(C)(C)C(=O)O)CCC34C)C2=C1C(C)C.CN1CCN(CCOc2cc(Cl)ccc2C=O)CC1.CNC(C)(C)C=O. The number of carbonyl (C=O) groups is 4. The van der Waals surface area contributed by atoms with E-state index in [1.165, 1.54) is 44.1 Å². The Morgan fingerprint density at radius 1 is 0.970 bits per heavy atom. The van der Waals surface area contributed by atoms with Crippen molar-refractivity contribution in [2.75, 3.05) is 60.5 Å². The molecule has 1 aromatic carbocycles. The first-order chi connectivity index (χ1) is 30.9. The molecule has 9 atom stereocenters.